The van der Waals surface area contributed by atoms with Crippen LogP contribution in [0.4, 0.5) is 18.9 Å². The molecule has 1 heterocycles. The first kappa shape index (κ1) is 23.1. The van der Waals surface area contributed by atoms with Crippen LogP contribution in [0.3, 0.4) is 0 Å². The van der Waals surface area contributed by atoms with E-state index < -0.39 is 40.9 Å². The molecule has 174 valence electrons. The van der Waals surface area contributed by atoms with E-state index in [0.717, 1.165) is 23.1 Å². The van der Waals surface area contributed by atoms with Gasteiger partial charge in [0.25, 0.3) is 11.7 Å². The van der Waals surface area contributed by atoms with Gasteiger partial charge in [0, 0.05) is 17.3 Å². The van der Waals surface area contributed by atoms with Gasteiger partial charge in [-0.3, -0.25) is 14.5 Å². The number of carbonyl (C=O) groups is 2. The third kappa shape index (κ3) is 4.03. The maximum absolute atomic E-state index is 14.0. The zero-order valence-corrected chi connectivity index (χ0v) is 18.3. The van der Waals surface area contributed by atoms with E-state index in [1.165, 1.54) is 25.1 Å². The monoisotopic (exact) mass is 467 g/mol. The van der Waals surface area contributed by atoms with E-state index in [1.54, 1.807) is 24.3 Å². The largest absolute Gasteiger partial charge is 0.507 e. The maximum atomic E-state index is 14.0. The van der Waals surface area contributed by atoms with Gasteiger partial charge < -0.3 is 9.84 Å². The van der Waals surface area contributed by atoms with E-state index in [-0.39, 0.29) is 22.4 Å². The normalized spacial score (nSPS) is 17.3. The standard InChI is InChI=1S/C26H20F3NO4/c1-3-34-18-8-4-15(5-9-18)23-22(24(31)16-6-10-19(27)14(2)12-16)25(32)26(33)30(23)17-7-11-20(28)21(29)13-17/h4-13,23,31H,3H2,1-2H3/b24-22+. The number of amides is 1. The van der Waals surface area contributed by atoms with Gasteiger partial charge in [-0.2, -0.15) is 0 Å². The van der Waals surface area contributed by atoms with E-state index in [1.807, 2.05) is 6.92 Å². The minimum Gasteiger partial charge on any atom is -0.507 e. The molecule has 0 bridgehead atoms. The predicted octanol–water partition coefficient (Wildman–Crippen LogP) is 5.44. The van der Waals surface area contributed by atoms with Crippen LogP contribution in [0.1, 0.15) is 29.7 Å². The number of aryl methyl sites for hydroxylation is 1. The molecule has 1 saturated heterocycles. The molecule has 1 aliphatic heterocycles. The lowest BCUT2D eigenvalue weighted by Gasteiger charge is -2.25. The number of rotatable bonds is 5. The Morgan fingerprint density at radius 1 is 0.941 bits per heavy atom. The number of hydrogen-bond acceptors (Lipinski definition) is 4. The summed E-state index contributed by atoms with van der Waals surface area (Å²) < 4.78 is 46.8. The van der Waals surface area contributed by atoms with E-state index >= 15 is 0 Å². The molecule has 4 rings (SSSR count). The van der Waals surface area contributed by atoms with Gasteiger partial charge in [-0.1, -0.05) is 12.1 Å². The highest BCUT2D eigenvalue weighted by molar-refractivity contribution is 6.51. The summed E-state index contributed by atoms with van der Waals surface area (Å²) in [6, 6.07) is 11.9. The van der Waals surface area contributed by atoms with Crippen molar-refractivity contribution in [2.24, 2.45) is 0 Å². The van der Waals surface area contributed by atoms with Crippen molar-refractivity contribution in [1.29, 1.82) is 0 Å². The molecule has 1 unspecified atom stereocenters. The Balaban J connectivity index is 1.93. The van der Waals surface area contributed by atoms with Gasteiger partial charge in [-0.25, -0.2) is 13.2 Å². The van der Waals surface area contributed by atoms with Gasteiger partial charge in [-0.05, 0) is 67.4 Å². The highest BCUT2D eigenvalue weighted by Crippen LogP contribution is 2.42. The minimum atomic E-state index is -1.20. The number of nitrogens with zero attached hydrogens (tertiary/aromatic N) is 1. The van der Waals surface area contributed by atoms with Gasteiger partial charge in [-0.15, -0.1) is 0 Å². The van der Waals surface area contributed by atoms with Crippen molar-refractivity contribution in [3.05, 3.63) is 100 Å². The Labute approximate surface area is 193 Å². The van der Waals surface area contributed by atoms with Crippen LogP contribution in [-0.2, 0) is 9.59 Å². The van der Waals surface area contributed by atoms with E-state index in [0.29, 0.717) is 17.9 Å². The van der Waals surface area contributed by atoms with Crippen LogP contribution >= 0.6 is 0 Å². The smallest absolute Gasteiger partial charge is 0.300 e. The molecule has 1 fully saturated rings. The maximum Gasteiger partial charge on any atom is 0.300 e. The van der Waals surface area contributed by atoms with Crippen molar-refractivity contribution >= 4 is 23.1 Å². The van der Waals surface area contributed by atoms with Gasteiger partial charge in [0.1, 0.15) is 17.3 Å². The Morgan fingerprint density at radius 2 is 1.62 bits per heavy atom. The number of ketones is 1. The lowest BCUT2D eigenvalue weighted by molar-refractivity contribution is -0.132. The SMILES string of the molecule is CCOc1ccc(C2/C(=C(\O)c3ccc(F)c(C)c3)C(=O)C(=O)N2c2ccc(F)c(F)c2)cc1. The molecular formula is C26H20F3NO4. The highest BCUT2D eigenvalue weighted by Gasteiger charge is 2.47. The average molecular weight is 467 g/mol. The number of hydrogen-bond donors (Lipinski definition) is 1. The third-order valence-electron chi connectivity index (χ3n) is 5.56. The summed E-state index contributed by atoms with van der Waals surface area (Å²) in [5.74, 6) is -4.80. The summed E-state index contributed by atoms with van der Waals surface area (Å²) in [6.45, 7) is 3.74. The lowest BCUT2D eigenvalue weighted by atomic mass is 9.94. The van der Waals surface area contributed by atoms with Crippen LogP contribution < -0.4 is 9.64 Å². The van der Waals surface area contributed by atoms with Crippen molar-refractivity contribution in [3.8, 4) is 5.75 Å². The highest BCUT2D eigenvalue weighted by atomic mass is 19.2. The molecule has 3 aromatic carbocycles. The van der Waals surface area contributed by atoms with E-state index in [4.69, 9.17) is 4.74 Å². The van der Waals surface area contributed by atoms with Crippen molar-refractivity contribution < 1.29 is 32.6 Å². The first-order valence-corrected chi connectivity index (χ1v) is 10.5. The van der Waals surface area contributed by atoms with Gasteiger partial charge in [0.15, 0.2) is 11.6 Å². The van der Waals surface area contributed by atoms with Crippen LogP contribution in [0.25, 0.3) is 5.76 Å². The minimum absolute atomic E-state index is 0.0609. The molecule has 1 atom stereocenters. The van der Waals surface area contributed by atoms with Gasteiger partial charge in [0.2, 0.25) is 0 Å². The number of anilines is 1. The number of Topliss-reactive ketones (excluding diaryl/α,β-unsaturated/α-hetero) is 1. The molecule has 5 nitrogen and oxygen atoms in total. The Kier molecular flexibility index (Phi) is 6.15. The Morgan fingerprint density at radius 3 is 2.24 bits per heavy atom. The second kappa shape index (κ2) is 9.05. The summed E-state index contributed by atoms with van der Waals surface area (Å²) in [5, 5.41) is 11.1. The number of aliphatic hydroxyl groups is 1. The molecule has 1 amide bonds. The molecule has 0 radical (unpaired) electrons. The Hall–Kier alpha value is -4.07. The number of ether oxygens (including phenoxy) is 1. The summed E-state index contributed by atoms with van der Waals surface area (Å²) in [7, 11) is 0. The molecular weight excluding hydrogens is 447 g/mol. The zero-order valence-electron chi connectivity index (χ0n) is 18.3. The fourth-order valence-corrected chi connectivity index (χ4v) is 3.91. The number of benzene rings is 3. The van der Waals surface area contributed by atoms with Crippen molar-refractivity contribution in [2.75, 3.05) is 11.5 Å². The summed E-state index contributed by atoms with van der Waals surface area (Å²) >= 11 is 0. The molecule has 0 aromatic heterocycles. The van der Waals surface area contributed by atoms with Crippen LogP contribution in [0, 0.1) is 24.4 Å². The molecule has 1 N–H and O–H groups in total. The molecule has 0 aliphatic carbocycles. The van der Waals surface area contributed by atoms with Crippen molar-refractivity contribution in [2.45, 2.75) is 19.9 Å². The third-order valence-corrected chi connectivity index (χ3v) is 5.56. The molecule has 8 heteroatoms. The first-order valence-electron chi connectivity index (χ1n) is 10.5. The number of carbonyl (C=O) groups excluding carboxylic acids is 2. The molecule has 0 spiro atoms. The zero-order chi connectivity index (χ0) is 24.6. The average Bonchev–Trinajstić information content (AvgIpc) is 3.08. The fraction of sp³-hybridized carbons (Fsp3) is 0.154. The predicted molar refractivity (Wildman–Crippen MR) is 120 cm³/mol. The van der Waals surface area contributed by atoms with Crippen molar-refractivity contribution in [1.82, 2.24) is 0 Å². The molecule has 3 aromatic rings. The first-order chi connectivity index (χ1) is 16.2. The van der Waals surface area contributed by atoms with Crippen LogP contribution in [0.2, 0.25) is 0 Å². The molecule has 1 aliphatic rings. The number of aliphatic hydroxyl groups excluding tert-OH is 1. The lowest BCUT2D eigenvalue weighted by Crippen LogP contribution is -2.29. The topological polar surface area (TPSA) is 66.8 Å². The van der Waals surface area contributed by atoms with Gasteiger partial charge in [0.05, 0.1) is 18.2 Å². The van der Waals surface area contributed by atoms with E-state index in [9.17, 15) is 27.9 Å². The second-order valence-corrected chi connectivity index (χ2v) is 7.73. The second-order valence-electron chi connectivity index (χ2n) is 7.73. The van der Waals surface area contributed by atoms with Gasteiger partial charge >= 0.3 is 0 Å². The summed E-state index contributed by atoms with van der Waals surface area (Å²) in [6.07, 6.45) is 0. The summed E-state index contributed by atoms with van der Waals surface area (Å²) in [5.41, 5.74) is 0.474. The molecule has 0 saturated carbocycles. The fourth-order valence-electron chi connectivity index (χ4n) is 3.91. The van der Waals surface area contributed by atoms with Crippen LogP contribution in [-0.4, -0.2) is 23.4 Å². The molecule has 34 heavy (non-hydrogen) atoms. The van der Waals surface area contributed by atoms with Crippen molar-refractivity contribution in [3.63, 3.8) is 0 Å². The quantitative estimate of drug-likeness (QED) is 0.308. The number of halogens is 3. The Bertz CT molecular complexity index is 1320. The van der Waals surface area contributed by atoms with Crippen LogP contribution in [0.5, 0.6) is 5.75 Å². The summed E-state index contributed by atoms with van der Waals surface area (Å²) in [4.78, 5) is 27.1. The van der Waals surface area contributed by atoms with Crippen LogP contribution in [0.15, 0.2) is 66.2 Å². The van der Waals surface area contributed by atoms with E-state index in [2.05, 4.69) is 0 Å².